The molecule has 4 aromatic rings. The molecule has 0 atom stereocenters. The number of hydrogen-bond donors (Lipinski definition) is 2. The van der Waals surface area contributed by atoms with Crippen LogP contribution in [0.1, 0.15) is 36.8 Å². The molecule has 3 aromatic heterocycles. The molecule has 1 aromatic carbocycles. The molecule has 0 bridgehead atoms. The van der Waals surface area contributed by atoms with E-state index in [2.05, 4.69) is 41.6 Å². The topological polar surface area (TPSA) is 119 Å². The number of halogens is 2. The molecule has 168 valence electrons. The monoisotopic (exact) mass is 536 g/mol. The van der Waals surface area contributed by atoms with Gasteiger partial charge in [0.05, 0.1) is 27.5 Å². The zero-order chi connectivity index (χ0) is 24.0. The van der Waals surface area contributed by atoms with Gasteiger partial charge in [0.25, 0.3) is 17.7 Å². The van der Waals surface area contributed by atoms with Crippen LogP contribution < -0.4 is 10.6 Å². The Bertz CT molecular complexity index is 1520. The standard InChI is InChI=1S/C23H14BrClN6O3/c1-11-6-8-26-15(9-11)19-14(5-4-12-18(19)23(34)29-21(12)32)28-22(33)16-10-17(24)30-31(16)20-13(25)3-2-7-27-20/h2-10H,1H3,(H,28,33)(H,29,32,34). The minimum absolute atomic E-state index is 0.150. The number of pyridine rings is 2. The van der Waals surface area contributed by atoms with E-state index in [1.54, 1.807) is 30.5 Å². The molecule has 2 N–H and O–H groups in total. The minimum atomic E-state index is -0.553. The number of imide groups is 1. The predicted molar refractivity (Wildman–Crippen MR) is 128 cm³/mol. The van der Waals surface area contributed by atoms with Crippen LogP contribution in [0.25, 0.3) is 17.1 Å². The van der Waals surface area contributed by atoms with Gasteiger partial charge in [-0.2, -0.15) is 5.10 Å². The van der Waals surface area contributed by atoms with Crippen LogP contribution in [-0.2, 0) is 0 Å². The third-order valence-electron chi connectivity index (χ3n) is 5.18. The molecule has 0 saturated carbocycles. The van der Waals surface area contributed by atoms with Crippen LogP contribution in [0.2, 0.25) is 5.02 Å². The van der Waals surface area contributed by atoms with Crippen LogP contribution in [-0.4, -0.2) is 37.5 Å². The summed E-state index contributed by atoms with van der Waals surface area (Å²) in [6.45, 7) is 1.88. The summed E-state index contributed by atoms with van der Waals surface area (Å²) in [4.78, 5) is 46.8. The van der Waals surface area contributed by atoms with Gasteiger partial charge in [-0.15, -0.1) is 0 Å². The van der Waals surface area contributed by atoms with Gasteiger partial charge in [0.1, 0.15) is 10.3 Å². The Morgan fingerprint density at radius 2 is 1.88 bits per heavy atom. The fourth-order valence-corrected chi connectivity index (χ4v) is 4.28. The first-order valence-electron chi connectivity index (χ1n) is 9.97. The molecule has 0 saturated heterocycles. The fraction of sp³-hybridized carbons (Fsp3) is 0.0435. The van der Waals surface area contributed by atoms with Gasteiger partial charge in [-0.05, 0) is 64.8 Å². The van der Waals surface area contributed by atoms with E-state index in [4.69, 9.17) is 11.6 Å². The summed E-state index contributed by atoms with van der Waals surface area (Å²) in [5, 5.41) is 9.72. The second kappa shape index (κ2) is 8.47. The van der Waals surface area contributed by atoms with Crippen molar-refractivity contribution in [3.05, 3.63) is 86.9 Å². The van der Waals surface area contributed by atoms with Crippen molar-refractivity contribution in [3.63, 3.8) is 0 Å². The summed E-state index contributed by atoms with van der Waals surface area (Å²) < 4.78 is 1.72. The molecular weight excluding hydrogens is 524 g/mol. The largest absolute Gasteiger partial charge is 0.320 e. The Hall–Kier alpha value is -3.89. The smallest absolute Gasteiger partial charge is 0.274 e. The average Bonchev–Trinajstić information content (AvgIpc) is 3.33. The normalized spacial score (nSPS) is 12.4. The van der Waals surface area contributed by atoms with Gasteiger partial charge < -0.3 is 5.32 Å². The summed E-state index contributed by atoms with van der Waals surface area (Å²) in [5.41, 5.74) is 2.52. The van der Waals surface area contributed by atoms with Crippen LogP contribution >= 0.6 is 27.5 Å². The predicted octanol–water partition coefficient (Wildman–Crippen LogP) is 4.19. The molecule has 0 spiro atoms. The fourth-order valence-electron chi connectivity index (χ4n) is 3.70. The van der Waals surface area contributed by atoms with Crippen molar-refractivity contribution < 1.29 is 14.4 Å². The first-order valence-corrected chi connectivity index (χ1v) is 11.1. The molecule has 1 aliphatic rings. The number of aryl methyl sites for hydroxylation is 1. The lowest BCUT2D eigenvalue weighted by Crippen LogP contribution is -2.20. The zero-order valence-electron chi connectivity index (χ0n) is 17.5. The number of benzene rings is 1. The van der Waals surface area contributed by atoms with Gasteiger partial charge in [-0.1, -0.05) is 11.6 Å². The highest BCUT2D eigenvalue weighted by Gasteiger charge is 2.32. The van der Waals surface area contributed by atoms with E-state index in [1.807, 2.05) is 13.0 Å². The lowest BCUT2D eigenvalue weighted by molar-refractivity contribution is 0.0878. The second-order valence-corrected chi connectivity index (χ2v) is 8.66. The lowest BCUT2D eigenvalue weighted by atomic mass is 9.97. The van der Waals surface area contributed by atoms with E-state index >= 15 is 0 Å². The van der Waals surface area contributed by atoms with E-state index in [0.29, 0.717) is 26.6 Å². The summed E-state index contributed by atoms with van der Waals surface area (Å²) in [6.07, 6.45) is 3.13. The highest BCUT2D eigenvalue weighted by molar-refractivity contribution is 9.10. The molecule has 0 unspecified atom stereocenters. The first kappa shape index (κ1) is 21.9. The Balaban J connectivity index is 1.63. The van der Waals surface area contributed by atoms with Crippen LogP contribution in [0.3, 0.4) is 0 Å². The number of carbonyl (C=O) groups is 3. The van der Waals surface area contributed by atoms with Crippen LogP contribution in [0.4, 0.5) is 5.69 Å². The summed E-state index contributed by atoms with van der Waals surface area (Å²) in [5.74, 6) is -1.31. The molecule has 3 amide bonds. The van der Waals surface area contributed by atoms with Gasteiger partial charge in [0, 0.05) is 24.0 Å². The Labute approximate surface area is 206 Å². The van der Waals surface area contributed by atoms with Crippen molar-refractivity contribution in [2.24, 2.45) is 0 Å². The van der Waals surface area contributed by atoms with Crippen molar-refractivity contribution in [3.8, 4) is 17.1 Å². The number of fused-ring (bicyclic) bond motifs is 1. The summed E-state index contributed by atoms with van der Waals surface area (Å²) in [7, 11) is 0. The number of amides is 3. The van der Waals surface area contributed by atoms with Gasteiger partial charge in [0.15, 0.2) is 5.82 Å². The number of rotatable bonds is 4. The SMILES string of the molecule is Cc1ccnc(-c2c(NC(=O)c3cc(Br)nn3-c3ncccc3Cl)ccc3c2C(=O)NC3=O)c1. The molecule has 0 radical (unpaired) electrons. The Morgan fingerprint density at radius 3 is 2.65 bits per heavy atom. The maximum atomic E-state index is 13.4. The maximum absolute atomic E-state index is 13.4. The van der Waals surface area contributed by atoms with Gasteiger partial charge in [-0.25, -0.2) is 9.67 Å². The van der Waals surface area contributed by atoms with E-state index in [-0.39, 0.29) is 22.6 Å². The highest BCUT2D eigenvalue weighted by atomic mass is 79.9. The van der Waals surface area contributed by atoms with Crippen LogP contribution in [0, 0.1) is 6.92 Å². The Morgan fingerprint density at radius 1 is 1.06 bits per heavy atom. The summed E-state index contributed by atoms with van der Waals surface area (Å²) >= 11 is 9.55. The molecule has 0 aliphatic carbocycles. The van der Waals surface area contributed by atoms with Crippen molar-refractivity contribution in [2.75, 3.05) is 5.32 Å². The molecule has 4 heterocycles. The third-order valence-corrected chi connectivity index (χ3v) is 5.86. The second-order valence-electron chi connectivity index (χ2n) is 7.44. The summed E-state index contributed by atoms with van der Waals surface area (Å²) in [6, 6.07) is 11.5. The maximum Gasteiger partial charge on any atom is 0.274 e. The molecular formula is C23H14BrClN6O3. The van der Waals surface area contributed by atoms with E-state index < -0.39 is 17.7 Å². The number of anilines is 1. The lowest BCUT2D eigenvalue weighted by Gasteiger charge is -2.15. The third kappa shape index (κ3) is 3.76. The molecule has 34 heavy (non-hydrogen) atoms. The number of carbonyl (C=O) groups excluding carboxylic acids is 3. The number of hydrogen-bond acceptors (Lipinski definition) is 6. The van der Waals surface area contributed by atoms with Gasteiger partial charge in [-0.3, -0.25) is 24.7 Å². The van der Waals surface area contributed by atoms with Gasteiger partial charge >= 0.3 is 0 Å². The number of nitrogens with one attached hydrogen (secondary N) is 2. The Kier molecular flexibility index (Phi) is 5.46. The van der Waals surface area contributed by atoms with E-state index in [1.165, 1.54) is 23.0 Å². The quantitative estimate of drug-likeness (QED) is 0.377. The zero-order valence-corrected chi connectivity index (χ0v) is 19.8. The molecule has 5 rings (SSSR count). The molecule has 0 fully saturated rings. The van der Waals surface area contributed by atoms with Crippen LogP contribution in [0.5, 0.6) is 0 Å². The van der Waals surface area contributed by atoms with Crippen molar-refractivity contribution >= 4 is 50.9 Å². The average molecular weight is 538 g/mol. The van der Waals surface area contributed by atoms with Crippen LogP contribution in [0.15, 0.2) is 59.5 Å². The van der Waals surface area contributed by atoms with Crippen molar-refractivity contribution in [2.45, 2.75) is 6.92 Å². The van der Waals surface area contributed by atoms with Gasteiger partial charge in [0.2, 0.25) is 0 Å². The van der Waals surface area contributed by atoms with E-state index in [0.717, 1.165) is 5.56 Å². The number of nitrogens with zero attached hydrogens (tertiary/aromatic N) is 4. The molecule has 1 aliphatic heterocycles. The first-order chi connectivity index (χ1) is 16.3. The highest BCUT2D eigenvalue weighted by Crippen LogP contribution is 2.36. The van der Waals surface area contributed by atoms with Crippen molar-refractivity contribution in [1.29, 1.82) is 0 Å². The molecule has 11 heteroatoms. The van der Waals surface area contributed by atoms with E-state index in [9.17, 15) is 14.4 Å². The van der Waals surface area contributed by atoms with Crippen molar-refractivity contribution in [1.82, 2.24) is 25.1 Å². The minimum Gasteiger partial charge on any atom is -0.320 e. The number of aromatic nitrogens is 4. The molecule has 9 nitrogen and oxygen atoms in total.